The Morgan fingerprint density at radius 3 is 1.88 bits per heavy atom. The van der Waals surface area contributed by atoms with Gasteiger partial charge in [0.1, 0.15) is 10.9 Å². The first-order valence-electron chi connectivity index (χ1n) is 1.78. The van der Waals surface area contributed by atoms with Gasteiger partial charge in [0.05, 0.1) is 0 Å². The topological polar surface area (TPSA) is 9.23 Å². The molecule has 0 aromatic carbocycles. The molecule has 0 spiro atoms. The quantitative estimate of drug-likeness (QED) is 0.633. The summed E-state index contributed by atoms with van der Waals surface area (Å²) in [6.45, 7) is 0. The van der Waals surface area contributed by atoms with E-state index in [4.69, 9.17) is 46.4 Å². The maximum absolute atomic E-state index is 5.35. The highest BCUT2D eigenvalue weighted by Crippen LogP contribution is 2.14. The first kappa shape index (κ1) is 9.12. The van der Waals surface area contributed by atoms with E-state index >= 15 is 0 Å². The van der Waals surface area contributed by atoms with E-state index in [-0.39, 0.29) is 6.07 Å². The van der Waals surface area contributed by atoms with Gasteiger partial charge in [0.15, 0.2) is 5.56 Å². The second-order valence-corrected chi connectivity index (χ2v) is 2.77. The molecule has 0 rings (SSSR count). The fourth-order valence-electron chi connectivity index (χ4n) is 0.133. The minimum Gasteiger partial charge on any atom is -0.344 e. The normalized spacial score (nSPS) is 14.6. The SMILES string of the molecule is ClCOC(Cl)C(Cl)Cl. The smallest absolute Gasteiger partial charge is 0.162 e. The van der Waals surface area contributed by atoms with Gasteiger partial charge in [-0.15, -0.1) is 23.2 Å². The largest absolute Gasteiger partial charge is 0.344 e. The second-order valence-electron chi connectivity index (χ2n) is 0.961. The van der Waals surface area contributed by atoms with E-state index in [2.05, 4.69) is 4.74 Å². The highest BCUT2D eigenvalue weighted by atomic mass is 35.5. The molecule has 0 aliphatic rings. The molecular formula is C3H4Cl4O. The maximum Gasteiger partial charge on any atom is 0.162 e. The molecule has 0 heterocycles. The average Bonchev–Trinajstić information content (AvgIpc) is 1.67. The van der Waals surface area contributed by atoms with Crippen LogP contribution in [0.1, 0.15) is 0 Å². The van der Waals surface area contributed by atoms with Crippen LogP contribution in [0, 0.1) is 0 Å². The number of halogens is 4. The van der Waals surface area contributed by atoms with Crippen molar-refractivity contribution in [3.05, 3.63) is 0 Å². The van der Waals surface area contributed by atoms with Gasteiger partial charge in [-0.2, -0.15) is 0 Å². The molecule has 0 aromatic heterocycles. The minimum absolute atomic E-state index is 0.00407. The van der Waals surface area contributed by atoms with E-state index in [0.717, 1.165) is 0 Å². The summed E-state index contributed by atoms with van der Waals surface area (Å²) in [7, 11) is 0. The van der Waals surface area contributed by atoms with Crippen LogP contribution in [0.15, 0.2) is 0 Å². The molecule has 0 aliphatic heterocycles. The van der Waals surface area contributed by atoms with Crippen molar-refractivity contribution in [2.75, 3.05) is 6.07 Å². The summed E-state index contributed by atoms with van der Waals surface area (Å²) in [5.41, 5.74) is -0.712. The van der Waals surface area contributed by atoms with Crippen LogP contribution in [-0.4, -0.2) is 16.5 Å². The van der Waals surface area contributed by atoms with Crippen molar-refractivity contribution in [1.82, 2.24) is 0 Å². The van der Waals surface area contributed by atoms with E-state index in [9.17, 15) is 0 Å². The van der Waals surface area contributed by atoms with Crippen LogP contribution in [-0.2, 0) is 4.74 Å². The van der Waals surface area contributed by atoms with Crippen LogP contribution in [0.3, 0.4) is 0 Å². The van der Waals surface area contributed by atoms with Gasteiger partial charge < -0.3 is 4.74 Å². The van der Waals surface area contributed by atoms with Crippen molar-refractivity contribution in [3.63, 3.8) is 0 Å². The summed E-state index contributed by atoms with van der Waals surface area (Å²) in [5, 5.41) is 0. The van der Waals surface area contributed by atoms with E-state index in [1.165, 1.54) is 0 Å². The Bertz CT molecular complexity index is 57.2. The van der Waals surface area contributed by atoms with Crippen molar-refractivity contribution in [1.29, 1.82) is 0 Å². The molecule has 0 aliphatic carbocycles. The van der Waals surface area contributed by atoms with Crippen LogP contribution in [0.5, 0.6) is 0 Å². The zero-order valence-electron chi connectivity index (χ0n) is 3.78. The number of hydrogen-bond donors (Lipinski definition) is 0. The summed E-state index contributed by atoms with van der Waals surface area (Å²) in [5.74, 6) is 0. The first-order valence-corrected chi connectivity index (χ1v) is 3.62. The van der Waals surface area contributed by atoms with Gasteiger partial charge in [0, 0.05) is 0 Å². The zero-order valence-corrected chi connectivity index (χ0v) is 6.81. The highest BCUT2D eigenvalue weighted by Gasteiger charge is 2.12. The summed E-state index contributed by atoms with van der Waals surface area (Å²) in [4.78, 5) is -0.726. The average molecular weight is 198 g/mol. The highest BCUT2D eigenvalue weighted by molar-refractivity contribution is 6.48. The van der Waals surface area contributed by atoms with Crippen molar-refractivity contribution < 1.29 is 4.74 Å². The predicted octanol–water partition coefficient (Wildman–Crippen LogP) is 2.57. The summed E-state index contributed by atoms with van der Waals surface area (Å²) in [6, 6.07) is 0.00407. The molecule has 5 heteroatoms. The van der Waals surface area contributed by atoms with Crippen LogP contribution in [0.2, 0.25) is 0 Å². The monoisotopic (exact) mass is 196 g/mol. The second kappa shape index (κ2) is 4.95. The fourth-order valence-corrected chi connectivity index (χ4v) is 0.542. The van der Waals surface area contributed by atoms with E-state index in [0.29, 0.717) is 0 Å². The zero-order chi connectivity index (χ0) is 6.57. The van der Waals surface area contributed by atoms with Gasteiger partial charge in [0.2, 0.25) is 0 Å². The molecule has 0 saturated heterocycles. The minimum atomic E-state index is -0.726. The molecule has 50 valence electrons. The molecule has 8 heavy (non-hydrogen) atoms. The third-order valence-corrected chi connectivity index (χ3v) is 1.64. The van der Waals surface area contributed by atoms with E-state index in [1.807, 2.05) is 0 Å². The molecule has 1 atom stereocenters. The molecule has 0 amide bonds. The van der Waals surface area contributed by atoms with Crippen LogP contribution >= 0.6 is 46.4 Å². The van der Waals surface area contributed by atoms with Crippen molar-refractivity contribution in [3.8, 4) is 0 Å². The third-order valence-electron chi connectivity index (χ3n) is 0.420. The van der Waals surface area contributed by atoms with Crippen LogP contribution in [0.4, 0.5) is 0 Å². The van der Waals surface area contributed by atoms with Gasteiger partial charge in [-0.25, -0.2) is 0 Å². The fraction of sp³-hybridized carbons (Fsp3) is 1.00. The number of alkyl halides is 4. The standard InChI is InChI=1S/C3H4Cl4O/c4-1-8-3(7)2(5)6/h2-3H,1H2. The van der Waals surface area contributed by atoms with Gasteiger partial charge in [-0.05, 0) is 0 Å². The van der Waals surface area contributed by atoms with Gasteiger partial charge in [-0.3, -0.25) is 0 Å². The predicted molar refractivity (Wildman–Crippen MR) is 36.9 cm³/mol. The number of rotatable bonds is 3. The van der Waals surface area contributed by atoms with Crippen molar-refractivity contribution in [2.45, 2.75) is 10.4 Å². The molecule has 1 nitrogen and oxygen atoms in total. The van der Waals surface area contributed by atoms with Crippen LogP contribution < -0.4 is 0 Å². The summed E-state index contributed by atoms with van der Waals surface area (Å²) in [6.07, 6.45) is 0. The van der Waals surface area contributed by atoms with Gasteiger partial charge in [-0.1, -0.05) is 23.2 Å². The van der Waals surface area contributed by atoms with E-state index < -0.39 is 10.4 Å². The summed E-state index contributed by atoms with van der Waals surface area (Å²) >= 11 is 21.0. The Hall–Kier alpha value is 1.12. The number of hydrogen-bond acceptors (Lipinski definition) is 1. The third kappa shape index (κ3) is 4.04. The molecule has 0 bridgehead atoms. The van der Waals surface area contributed by atoms with E-state index in [1.54, 1.807) is 0 Å². The maximum atomic E-state index is 5.35. The lowest BCUT2D eigenvalue weighted by Gasteiger charge is -2.07. The molecule has 1 unspecified atom stereocenters. The Morgan fingerprint density at radius 2 is 1.75 bits per heavy atom. The first-order chi connectivity index (χ1) is 3.68. The summed E-state index contributed by atoms with van der Waals surface area (Å²) < 4.78 is 4.57. The lowest BCUT2D eigenvalue weighted by Crippen LogP contribution is -2.11. The Kier molecular flexibility index (Phi) is 5.64. The molecule has 0 aromatic rings. The molecule has 0 fully saturated rings. The van der Waals surface area contributed by atoms with Crippen molar-refractivity contribution >= 4 is 46.4 Å². The Balaban J connectivity index is 3.17. The van der Waals surface area contributed by atoms with Gasteiger partial charge in [0.25, 0.3) is 0 Å². The Labute approximate surface area is 67.8 Å². The lowest BCUT2D eigenvalue weighted by molar-refractivity contribution is 0.159. The van der Waals surface area contributed by atoms with Crippen LogP contribution in [0.25, 0.3) is 0 Å². The molecular weight excluding hydrogens is 194 g/mol. The molecule has 0 N–H and O–H groups in total. The lowest BCUT2D eigenvalue weighted by atomic mass is 10.8. The van der Waals surface area contributed by atoms with Gasteiger partial charge >= 0.3 is 0 Å². The molecule has 0 radical (unpaired) electrons. The van der Waals surface area contributed by atoms with Crippen molar-refractivity contribution in [2.24, 2.45) is 0 Å². The Morgan fingerprint density at radius 1 is 1.25 bits per heavy atom. The molecule has 0 saturated carbocycles. The number of ether oxygens (including phenoxy) is 1.